The largest absolute Gasteiger partial charge is 0.364 e. The fraction of sp³-hybridized carbons (Fsp3) is 0.259. The van der Waals surface area contributed by atoms with Crippen molar-refractivity contribution in [1.29, 1.82) is 0 Å². The van der Waals surface area contributed by atoms with Crippen molar-refractivity contribution in [2.45, 2.75) is 37.6 Å². The number of piperidine rings is 1. The number of nitrogens with one attached hydrogen (secondary N) is 1. The van der Waals surface area contributed by atoms with Gasteiger partial charge in [0.15, 0.2) is 5.82 Å². The Morgan fingerprint density at radius 3 is 2.32 bits per heavy atom. The van der Waals surface area contributed by atoms with E-state index in [9.17, 15) is 8.42 Å². The highest BCUT2D eigenvalue weighted by atomic mass is 32.2. The molecule has 1 saturated heterocycles. The zero-order chi connectivity index (χ0) is 23.5. The number of benzene rings is 3. The number of aromatic nitrogens is 2. The van der Waals surface area contributed by atoms with Crippen molar-refractivity contribution in [3.05, 3.63) is 83.9 Å². The average molecular weight is 473 g/mol. The highest BCUT2D eigenvalue weighted by molar-refractivity contribution is 7.89. The summed E-state index contributed by atoms with van der Waals surface area (Å²) in [5.41, 5.74) is 3.33. The number of nitrogens with zero attached hydrogens (tertiary/aromatic N) is 3. The molecule has 2 heterocycles. The molecule has 7 heteroatoms. The summed E-state index contributed by atoms with van der Waals surface area (Å²) in [6.07, 6.45) is 2.90. The molecule has 174 valence electrons. The number of anilines is 1. The number of aryl methyl sites for hydroxylation is 1. The molecule has 1 fully saturated rings. The summed E-state index contributed by atoms with van der Waals surface area (Å²) in [7, 11) is -3.55. The first-order valence-corrected chi connectivity index (χ1v) is 13.1. The molecule has 4 aromatic rings. The highest BCUT2D eigenvalue weighted by Gasteiger charge is 2.28. The molecule has 0 aliphatic carbocycles. The van der Waals surface area contributed by atoms with Gasteiger partial charge in [-0.15, -0.1) is 10.2 Å². The SMILES string of the molecule is Cc1ccc(-c2nnc(NCc3ccccc3)c3ccccc23)cc1S(=O)(=O)N1CCCCC1. The minimum atomic E-state index is -3.55. The maximum atomic E-state index is 13.4. The molecule has 3 aromatic carbocycles. The van der Waals surface area contributed by atoms with E-state index in [0.717, 1.165) is 46.7 Å². The Bertz CT molecular complexity index is 1420. The van der Waals surface area contributed by atoms with E-state index < -0.39 is 10.0 Å². The van der Waals surface area contributed by atoms with Crippen molar-refractivity contribution in [2.75, 3.05) is 18.4 Å². The predicted octanol–water partition coefficient (Wildman–Crippen LogP) is 5.39. The average Bonchev–Trinajstić information content (AvgIpc) is 2.88. The normalized spacial score (nSPS) is 14.9. The van der Waals surface area contributed by atoms with Gasteiger partial charge in [-0.25, -0.2) is 8.42 Å². The molecule has 1 aliphatic heterocycles. The molecule has 1 N–H and O–H groups in total. The molecule has 5 rings (SSSR count). The van der Waals surface area contributed by atoms with Gasteiger partial charge in [-0.05, 0) is 37.0 Å². The van der Waals surface area contributed by atoms with Gasteiger partial charge in [0.1, 0.15) is 5.69 Å². The molecule has 34 heavy (non-hydrogen) atoms. The number of rotatable bonds is 6. The van der Waals surface area contributed by atoms with Crippen LogP contribution in [0.25, 0.3) is 22.0 Å². The van der Waals surface area contributed by atoms with E-state index in [1.807, 2.05) is 61.5 Å². The molecule has 0 spiro atoms. The lowest BCUT2D eigenvalue weighted by Gasteiger charge is -2.26. The summed E-state index contributed by atoms with van der Waals surface area (Å²) in [5, 5.41) is 14.3. The van der Waals surface area contributed by atoms with Crippen LogP contribution in [-0.4, -0.2) is 36.0 Å². The van der Waals surface area contributed by atoms with Crippen LogP contribution in [-0.2, 0) is 16.6 Å². The fourth-order valence-corrected chi connectivity index (χ4v) is 6.27. The number of sulfonamides is 1. The zero-order valence-corrected chi connectivity index (χ0v) is 20.1. The van der Waals surface area contributed by atoms with Gasteiger partial charge in [-0.2, -0.15) is 4.31 Å². The number of fused-ring (bicyclic) bond motifs is 1. The van der Waals surface area contributed by atoms with Crippen LogP contribution in [0.2, 0.25) is 0 Å². The molecule has 1 aromatic heterocycles. The van der Waals surface area contributed by atoms with Crippen LogP contribution in [0.4, 0.5) is 5.82 Å². The number of hydrogen-bond donors (Lipinski definition) is 1. The van der Waals surface area contributed by atoms with Crippen LogP contribution in [0, 0.1) is 6.92 Å². The van der Waals surface area contributed by atoms with Gasteiger partial charge in [0.25, 0.3) is 0 Å². The second-order valence-corrected chi connectivity index (χ2v) is 10.6. The Kier molecular flexibility index (Phi) is 6.30. The molecule has 6 nitrogen and oxygen atoms in total. The topological polar surface area (TPSA) is 75.2 Å². The van der Waals surface area contributed by atoms with E-state index in [4.69, 9.17) is 0 Å². The minimum Gasteiger partial charge on any atom is -0.364 e. The molecular weight excluding hydrogens is 444 g/mol. The van der Waals surface area contributed by atoms with E-state index in [1.165, 1.54) is 0 Å². The van der Waals surface area contributed by atoms with Gasteiger partial charge >= 0.3 is 0 Å². The maximum Gasteiger partial charge on any atom is 0.243 e. The Morgan fingerprint density at radius 1 is 0.853 bits per heavy atom. The molecule has 0 saturated carbocycles. The van der Waals surface area contributed by atoms with Gasteiger partial charge in [-0.1, -0.05) is 73.2 Å². The molecule has 0 unspecified atom stereocenters. The van der Waals surface area contributed by atoms with Crippen LogP contribution >= 0.6 is 0 Å². The van der Waals surface area contributed by atoms with Crippen molar-refractivity contribution in [2.24, 2.45) is 0 Å². The molecule has 0 atom stereocenters. The Hall–Kier alpha value is -3.29. The molecule has 0 radical (unpaired) electrons. The third-order valence-electron chi connectivity index (χ3n) is 6.38. The predicted molar refractivity (Wildman–Crippen MR) is 136 cm³/mol. The van der Waals surface area contributed by atoms with Crippen LogP contribution in [0.5, 0.6) is 0 Å². The summed E-state index contributed by atoms with van der Waals surface area (Å²) in [4.78, 5) is 0.351. The summed E-state index contributed by atoms with van der Waals surface area (Å²) in [5.74, 6) is 0.705. The molecule has 0 bridgehead atoms. The molecule has 0 amide bonds. The van der Waals surface area contributed by atoms with E-state index in [0.29, 0.717) is 36.0 Å². The van der Waals surface area contributed by atoms with Gasteiger partial charge in [0, 0.05) is 36.0 Å². The molecule has 1 aliphatic rings. The summed E-state index contributed by atoms with van der Waals surface area (Å²) < 4.78 is 28.4. The second-order valence-electron chi connectivity index (χ2n) is 8.73. The van der Waals surface area contributed by atoms with E-state index in [-0.39, 0.29) is 0 Å². The minimum absolute atomic E-state index is 0.351. The van der Waals surface area contributed by atoms with Gasteiger partial charge in [-0.3, -0.25) is 0 Å². The van der Waals surface area contributed by atoms with E-state index in [1.54, 1.807) is 10.4 Å². The highest BCUT2D eigenvalue weighted by Crippen LogP contribution is 2.33. The lowest BCUT2D eigenvalue weighted by atomic mass is 10.0. The first kappa shape index (κ1) is 22.5. The zero-order valence-electron chi connectivity index (χ0n) is 19.2. The van der Waals surface area contributed by atoms with Gasteiger partial charge < -0.3 is 5.32 Å². The van der Waals surface area contributed by atoms with Crippen molar-refractivity contribution in [3.8, 4) is 11.3 Å². The Morgan fingerprint density at radius 2 is 1.56 bits per heavy atom. The van der Waals surface area contributed by atoms with Crippen LogP contribution in [0.15, 0.2) is 77.7 Å². The van der Waals surface area contributed by atoms with Crippen LogP contribution in [0.3, 0.4) is 0 Å². The maximum absolute atomic E-state index is 13.4. The summed E-state index contributed by atoms with van der Waals surface area (Å²) in [6.45, 7) is 3.65. The van der Waals surface area contributed by atoms with Crippen LogP contribution in [0.1, 0.15) is 30.4 Å². The van der Waals surface area contributed by atoms with E-state index in [2.05, 4.69) is 27.6 Å². The first-order chi connectivity index (χ1) is 16.5. The quantitative estimate of drug-likeness (QED) is 0.407. The summed E-state index contributed by atoms with van der Waals surface area (Å²) in [6, 6.07) is 23.7. The van der Waals surface area contributed by atoms with E-state index >= 15 is 0 Å². The third kappa shape index (κ3) is 4.41. The van der Waals surface area contributed by atoms with Gasteiger partial charge in [0.2, 0.25) is 10.0 Å². The van der Waals surface area contributed by atoms with Crippen molar-refractivity contribution in [1.82, 2.24) is 14.5 Å². The van der Waals surface area contributed by atoms with Crippen molar-refractivity contribution >= 4 is 26.6 Å². The smallest absolute Gasteiger partial charge is 0.243 e. The second kappa shape index (κ2) is 9.52. The molecular formula is C27H28N4O2S. The third-order valence-corrected chi connectivity index (χ3v) is 8.43. The Labute approximate surface area is 200 Å². The summed E-state index contributed by atoms with van der Waals surface area (Å²) >= 11 is 0. The van der Waals surface area contributed by atoms with Crippen molar-refractivity contribution in [3.63, 3.8) is 0 Å². The standard InChI is InChI=1S/C27H28N4O2S/c1-20-14-15-22(18-25(20)34(32,33)31-16-8-3-9-17-31)26-23-12-6-7-13-24(23)27(30-29-26)28-19-21-10-4-2-5-11-21/h2,4-7,10-15,18H,3,8-9,16-17,19H2,1H3,(H,28,30). The first-order valence-electron chi connectivity index (χ1n) is 11.7. The van der Waals surface area contributed by atoms with Crippen molar-refractivity contribution < 1.29 is 8.42 Å². The lowest BCUT2D eigenvalue weighted by Crippen LogP contribution is -2.35. The number of hydrogen-bond acceptors (Lipinski definition) is 5. The fourth-order valence-electron chi connectivity index (χ4n) is 4.50. The van der Waals surface area contributed by atoms with Crippen LogP contribution < -0.4 is 5.32 Å². The van der Waals surface area contributed by atoms with Gasteiger partial charge in [0.05, 0.1) is 4.90 Å². The lowest BCUT2D eigenvalue weighted by molar-refractivity contribution is 0.346. The monoisotopic (exact) mass is 472 g/mol. The Balaban J connectivity index is 1.53.